The molecule has 64 heavy (non-hydrogen) atoms. The largest absolute Gasteiger partial charge is 0.382 e. The molecule has 2 rings (SSSR count). The molecule has 0 aromatic heterocycles. The monoisotopic (exact) mass is 949 g/mol. The van der Waals surface area contributed by atoms with Gasteiger partial charge in [0.25, 0.3) is 23.6 Å². The maximum Gasteiger partial charge on any atom is 0.358 e. The number of carbonyl (C=O) groups is 6. The minimum absolute atomic E-state index is 0. The van der Waals surface area contributed by atoms with E-state index in [2.05, 4.69) is 0 Å². The minimum atomic E-state index is -0.900. The van der Waals surface area contributed by atoms with Gasteiger partial charge in [-0.15, -0.1) is 10.1 Å². The third-order valence-electron chi connectivity index (χ3n) is 6.45. The number of methoxy groups -OCH3 is 2. The number of hydrogen-bond donors (Lipinski definition) is 0. The maximum absolute atomic E-state index is 11.9. The second kappa shape index (κ2) is 59.8. The van der Waals surface area contributed by atoms with E-state index in [9.17, 15) is 28.8 Å². The van der Waals surface area contributed by atoms with Crippen LogP contribution in [0.25, 0.3) is 0 Å². The van der Waals surface area contributed by atoms with Crippen molar-refractivity contribution in [1.82, 2.24) is 10.1 Å². The topological polar surface area (TPSA) is 220 Å². The third-order valence-corrected chi connectivity index (χ3v) is 6.45. The summed E-state index contributed by atoms with van der Waals surface area (Å²) in [6.45, 7) is 1.87. The van der Waals surface area contributed by atoms with Crippen LogP contribution in [-0.2, 0) is 85.8 Å². The molecule has 0 radical (unpaired) electrons. The first-order chi connectivity index (χ1) is 24.2. The summed E-state index contributed by atoms with van der Waals surface area (Å²) in [5, 5.41) is 0.878. The van der Waals surface area contributed by atoms with Gasteiger partial charge in [0.2, 0.25) is 0 Å². The van der Waals surface area contributed by atoms with E-state index in [4.69, 9.17) is 57.0 Å². The van der Waals surface area contributed by atoms with E-state index < -0.39 is 54.9 Å². The molecule has 4 amide bonds. The van der Waals surface area contributed by atoms with Crippen molar-refractivity contribution in [2.24, 2.45) is 0 Å². The van der Waals surface area contributed by atoms with E-state index >= 15 is 0 Å². The van der Waals surface area contributed by atoms with Crippen LogP contribution in [0.2, 0.25) is 0 Å². The zero-order valence-electron chi connectivity index (χ0n) is 28.5. The summed E-state index contributed by atoms with van der Waals surface area (Å²) in [7, 11) is 3.15. The summed E-state index contributed by atoms with van der Waals surface area (Å²) in [5.41, 5.74) is 0. The highest BCUT2D eigenvalue weighted by atomic mass is 16.7. The summed E-state index contributed by atoms with van der Waals surface area (Å²) in [6, 6.07) is 0. The molecule has 20 nitrogen and oxygen atoms in total. The Hall–Kier alpha value is -3.18. The molecule has 20 heteroatoms. The SMILES string of the molecule is C.C.C.C.C.C.C.C.C.C.C.C.C.C.COCCOCC(COCCOC)OCCOC(COCCOCC(=O)ON1C(=O)CCC1=O)COCCOCC(=O)ON1C(=O)CCC1=O. The summed E-state index contributed by atoms with van der Waals surface area (Å²) in [5.74, 6) is -4.16. The van der Waals surface area contributed by atoms with Gasteiger partial charge in [0.1, 0.15) is 25.4 Å². The molecule has 2 heterocycles. The Morgan fingerprint density at radius 2 is 0.625 bits per heavy atom. The maximum atomic E-state index is 11.9. The molecule has 0 aromatic carbocycles. The molecular weight excluding hydrogens is 844 g/mol. The second-order valence-electron chi connectivity index (χ2n) is 10.5. The van der Waals surface area contributed by atoms with Crippen LogP contribution in [0.1, 0.15) is 130 Å². The van der Waals surface area contributed by atoms with Crippen LogP contribution in [0.3, 0.4) is 0 Å². The summed E-state index contributed by atoms with van der Waals surface area (Å²) >= 11 is 0. The van der Waals surface area contributed by atoms with Crippen molar-refractivity contribution in [1.29, 1.82) is 0 Å². The summed E-state index contributed by atoms with van der Waals surface area (Å²) < 4.78 is 54.5. The molecule has 0 spiro atoms. The van der Waals surface area contributed by atoms with Crippen LogP contribution >= 0.6 is 0 Å². The van der Waals surface area contributed by atoms with E-state index in [0.717, 1.165) is 0 Å². The number of amides is 4. The van der Waals surface area contributed by atoms with Crippen molar-refractivity contribution >= 4 is 35.6 Å². The Kier molecular flexibility index (Phi) is 89.0. The van der Waals surface area contributed by atoms with Crippen molar-refractivity contribution in [3.63, 3.8) is 0 Å². The molecular formula is C44H104N2O18. The molecule has 0 aromatic rings. The average Bonchev–Trinajstić information content (AvgIpc) is 3.59. The van der Waals surface area contributed by atoms with Crippen LogP contribution in [0.5, 0.6) is 0 Å². The van der Waals surface area contributed by atoms with Crippen LogP contribution in [0.15, 0.2) is 0 Å². The van der Waals surface area contributed by atoms with Gasteiger partial charge >= 0.3 is 11.9 Å². The van der Waals surface area contributed by atoms with Crippen molar-refractivity contribution in [2.75, 3.05) is 120 Å². The van der Waals surface area contributed by atoms with Gasteiger partial charge in [-0.05, 0) is 0 Å². The van der Waals surface area contributed by atoms with Gasteiger partial charge in [0.15, 0.2) is 0 Å². The van der Waals surface area contributed by atoms with E-state index in [1.165, 1.54) is 0 Å². The van der Waals surface area contributed by atoms with Crippen LogP contribution in [0, 0.1) is 0 Å². The third kappa shape index (κ3) is 42.8. The fraction of sp³-hybridized carbons (Fsp3) is 0.864. The molecule has 0 unspecified atom stereocenters. The number of ether oxygens (including phenoxy) is 10. The highest BCUT2D eigenvalue weighted by Crippen LogP contribution is 2.13. The molecule has 0 atom stereocenters. The van der Waals surface area contributed by atoms with Crippen molar-refractivity contribution < 1.29 is 85.8 Å². The van der Waals surface area contributed by atoms with Gasteiger partial charge in [-0.3, -0.25) is 19.2 Å². The summed E-state index contributed by atoms with van der Waals surface area (Å²) in [6.07, 6.45) is -0.990. The number of carbonyl (C=O) groups excluding carboxylic acids is 6. The number of hydrogen-bond acceptors (Lipinski definition) is 18. The predicted octanol–water partition coefficient (Wildman–Crippen LogP) is 7.27. The number of imide groups is 2. The molecule has 0 aliphatic carbocycles. The van der Waals surface area contributed by atoms with Crippen LogP contribution in [0.4, 0.5) is 0 Å². The van der Waals surface area contributed by atoms with Crippen molar-refractivity contribution in [3.05, 3.63) is 0 Å². The van der Waals surface area contributed by atoms with E-state index in [0.29, 0.717) is 36.6 Å². The fourth-order valence-electron chi connectivity index (χ4n) is 3.98. The number of hydroxylamine groups is 4. The Balaban J connectivity index is -0.000000169. The molecule has 0 bridgehead atoms. The quantitative estimate of drug-likeness (QED) is 0.0493. The van der Waals surface area contributed by atoms with Gasteiger partial charge in [0, 0.05) is 39.9 Å². The van der Waals surface area contributed by atoms with E-state index in [1.807, 2.05) is 0 Å². The van der Waals surface area contributed by atoms with Gasteiger partial charge in [-0.1, -0.05) is 104 Å². The Morgan fingerprint density at radius 3 is 0.875 bits per heavy atom. The van der Waals surface area contributed by atoms with Gasteiger partial charge in [-0.25, -0.2) is 9.59 Å². The molecule has 0 N–H and O–H groups in total. The fourth-order valence-corrected chi connectivity index (χ4v) is 3.98. The zero-order valence-corrected chi connectivity index (χ0v) is 28.5. The molecule has 398 valence electrons. The Bertz CT molecular complexity index is 948. The van der Waals surface area contributed by atoms with E-state index in [1.54, 1.807) is 14.2 Å². The summed E-state index contributed by atoms with van der Waals surface area (Å²) in [4.78, 5) is 79.4. The lowest BCUT2D eigenvalue weighted by atomic mass is 10.4. The van der Waals surface area contributed by atoms with Crippen molar-refractivity contribution in [3.8, 4) is 0 Å². The first-order valence-electron chi connectivity index (χ1n) is 16.1. The van der Waals surface area contributed by atoms with Gasteiger partial charge in [-0.2, -0.15) is 0 Å². The minimum Gasteiger partial charge on any atom is -0.382 e. The smallest absolute Gasteiger partial charge is 0.358 e. The lowest BCUT2D eigenvalue weighted by molar-refractivity contribution is -0.200. The standard InChI is InChI=1S/C30H48N2O18.14CH4/c1-39-7-9-41-17-23(18-42-10-8-40-2)47-15-16-48-24(19-43-11-13-45-21-29(37)49-31-25(33)3-4-26(31)34)20-44-12-14-46-22-30(38)50-32-27(35)5-6-28(32)36;;;;;;;;;;;;;;/h23-24H,3-22H2,1-2H3;14*1H4. The van der Waals surface area contributed by atoms with Crippen LogP contribution in [-0.4, -0.2) is 178 Å². The normalized spacial score (nSPS) is 11.7. The number of rotatable bonds is 31. The highest BCUT2D eigenvalue weighted by molar-refractivity contribution is 6.02. The van der Waals surface area contributed by atoms with Gasteiger partial charge in [0.05, 0.1) is 92.5 Å². The highest BCUT2D eigenvalue weighted by Gasteiger charge is 2.33. The van der Waals surface area contributed by atoms with Crippen molar-refractivity contribution in [2.45, 2.75) is 142 Å². The zero-order chi connectivity index (χ0) is 36.4. The molecule has 0 saturated carbocycles. The Labute approximate surface area is 392 Å². The van der Waals surface area contributed by atoms with E-state index in [-0.39, 0.29) is 202 Å². The Morgan fingerprint density at radius 1 is 0.391 bits per heavy atom. The molecule has 2 aliphatic heterocycles. The number of nitrogens with zero attached hydrogens (tertiary/aromatic N) is 2. The first kappa shape index (κ1) is 95.2. The average molecular weight is 949 g/mol. The molecule has 2 saturated heterocycles. The second-order valence-corrected chi connectivity index (χ2v) is 10.5. The first-order valence-corrected chi connectivity index (χ1v) is 16.1. The van der Waals surface area contributed by atoms with Gasteiger partial charge < -0.3 is 57.0 Å². The predicted molar refractivity (Wildman–Crippen MR) is 257 cm³/mol. The lowest BCUT2D eigenvalue weighted by Gasteiger charge is -2.21. The lowest BCUT2D eigenvalue weighted by Crippen LogP contribution is -2.34. The van der Waals surface area contributed by atoms with Crippen LogP contribution < -0.4 is 0 Å². The molecule has 2 fully saturated rings. The molecule has 2 aliphatic rings.